The molecule has 0 aliphatic heterocycles. The number of para-hydroxylation sites is 1. The van der Waals surface area contributed by atoms with Crippen LogP contribution in [-0.4, -0.2) is 9.55 Å². The number of aryl methyl sites for hydroxylation is 1. The molecular formula is C14H19N3. The fraction of sp³-hybridized carbons (Fsp3) is 0.357. The molecule has 1 aromatic heterocycles. The summed E-state index contributed by atoms with van der Waals surface area (Å²) in [6, 6.07) is 8.34. The molecule has 0 amide bonds. The van der Waals surface area contributed by atoms with Gasteiger partial charge < -0.3 is 10.3 Å². The van der Waals surface area contributed by atoms with Crippen LogP contribution in [0.2, 0.25) is 0 Å². The van der Waals surface area contributed by atoms with Crippen molar-refractivity contribution in [1.29, 1.82) is 0 Å². The van der Waals surface area contributed by atoms with E-state index in [9.17, 15) is 0 Å². The molecule has 90 valence electrons. The number of imidazole rings is 1. The van der Waals surface area contributed by atoms with Crippen LogP contribution in [0.5, 0.6) is 0 Å². The van der Waals surface area contributed by atoms with E-state index in [4.69, 9.17) is 5.73 Å². The largest absolute Gasteiger partial charge is 0.324 e. The first-order valence-corrected chi connectivity index (χ1v) is 6.00. The van der Waals surface area contributed by atoms with Crippen LogP contribution in [-0.2, 0) is 0 Å². The Hall–Kier alpha value is -1.61. The summed E-state index contributed by atoms with van der Waals surface area (Å²) in [6.45, 7) is 6.21. The Morgan fingerprint density at radius 2 is 2.00 bits per heavy atom. The van der Waals surface area contributed by atoms with E-state index in [-0.39, 0.29) is 6.04 Å². The number of nitrogens with zero attached hydrogens (tertiary/aromatic N) is 2. The molecule has 17 heavy (non-hydrogen) atoms. The molecule has 1 atom stereocenters. The predicted octanol–water partition coefficient (Wildman–Crippen LogP) is 2.90. The summed E-state index contributed by atoms with van der Waals surface area (Å²) in [6.07, 6.45) is 2.80. The molecule has 0 fully saturated rings. The molecule has 0 saturated carbocycles. The highest BCUT2D eigenvalue weighted by Crippen LogP contribution is 2.23. The number of benzene rings is 1. The molecule has 0 saturated heterocycles. The molecule has 1 unspecified atom stereocenters. The van der Waals surface area contributed by atoms with Crippen LogP contribution in [0.15, 0.2) is 30.6 Å². The Bertz CT molecular complexity index is 514. The van der Waals surface area contributed by atoms with Gasteiger partial charge in [0, 0.05) is 11.7 Å². The van der Waals surface area contributed by atoms with Crippen molar-refractivity contribution in [2.45, 2.75) is 33.2 Å². The summed E-state index contributed by atoms with van der Waals surface area (Å²) in [5, 5.41) is 0. The van der Waals surface area contributed by atoms with Crippen molar-refractivity contribution in [3.05, 3.63) is 47.5 Å². The zero-order valence-corrected chi connectivity index (χ0v) is 10.6. The second-order valence-electron chi connectivity index (χ2n) is 4.36. The van der Waals surface area contributed by atoms with Gasteiger partial charge in [-0.25, -0.2) is 4.98 Å². The van der Waals surface area contributed by atoms with Crippen LogP contribution >= 0.6 is 0 Å². The molecule has 0 radical (unpaired) electrons. The molecule has 3 heteroatoms. The molecule has 2 aromatic rings. The van der Waals surface area contributed by atoms with Crippen molar-refractivity contribution in [3.63, 3.8) is 0 Å². The van der Waals surface area contributed by atoms with Crippen molar-refractivity contribution < 1.29 is 0 Å². The summed E-state index contributed by atoms with van der Waals surface area (Å²) in [5.41, 5.74) is 10.7. The van der Waals surface area contributed by atoms with Crippen molar-refractivity contribution in [3.8, 4) is 5.69 Å². The summed E-state index contributed by atoms with van der Waals surface area (Å²) < 4.78 is 2.11. The minimum atomic E-state index is 0.0771. The quantitative estimate of drug-likeness (QED) is 0.879. The second-order valence-corrected chi connectivity index (χ2v) is 4.36. The van der Waals surface area contributed by atoms with Gasteiger partial charge in [0.05, 0.1) is 17.7 Å². The molecular weight excluding hydrogens is 210 g/mol. The highest BCUT2D eigenvalue weighted by atomic mass is 15.1. The van der Waals surface area contributed by atoms with E-state index >= 15 is 0 Å². The van der Waals surface area contributed by atoms with Crippen LogP contribution in [0.4, 0.5) is 0 Å². The highest BCUT2D eigenvalue weighted by molar-refractivity contribution is 5.44. The van der Waals surface area contributed by atoms with Crippen molar-refractivity contribution in [2.24, 2.45) is 5.73 Å². The van der Waals surface area contributed by atoms with Gasteiger partial charge in [0.15, 0.2) is 0 Å². The smallest absolute Gasteiger partial charge is 0.0997 e. The molecule has 0 aliphatic rings. The number of nitrogens with two attached hydrogens (primary N) is 1. The Balaban J connectivity index is 2.56. The molecule has 0 bridgehead atoms. The summed E-state index contributed by atoms with van der Waals surface area (Å²) in [4.78, 5) is 4.34. The van der Waals surface area contributed by atoms with E-state index in [0.717, 1.165) is 17.8 Å². The predicted molar refractivity (Wildman–Crippen MR) is 70.3 cm³/mol. The molecule has 0 spiro atoms. The van der Waals surface area contributed by atoms with Crippen LogP contribution in [0.3, 0.4) is 0 Å². The highest BCUT2D eigenvalue weighted by Gasteiger charge is 2.12. The minimum absolute atomic E-state index is 0.0771. The molecule has 3 nitrogen and oxygen atoms in total. The maximum Gasteiger partial charge on any atom is 0.0997 e. The van der Waals surface area contributed by atoms with Crippen molar-refractivity contribution in [2.75, 3.05) is 0 Å². The molecule has 2 rings (SSSR count). The third-order valence-electron chi connectivity index (χ3n) is 3.29. The number of rotatable bonds is 3. The van der Waals surface area contributed by atoms with Crippen molar-refractivity contribution >= 4 is 0 Å². The van der Waals surface area contributed by atoms with Gasteiger partial charge in [0.25, 0.3) is 0 Å². The van der Waals surface area contributed by atoms with Gasteiger partial charge in [0.1, 0.15) is 0 Å². The van der Waals surface area contributed by atoms with Crippen LogP contribution in [0, 0.1) is 13.8 Å². The molecule has 0 aliphatic carbocycles. The molecule has 1 aromatic carbocycles. The summed E-state index contributed by atoms with van der Waals surface area (Å²) >= 11 is 0. The molecule has 2 N–H and O–H groups in total. The van der Waals surface area contributed by atoms with E-state index in [0.29, 0.717) is 0 Å². The summed E-state index contributed by atoms with van der Waals surface area (Å²) in [5.74, 6) is 0. The maximum atomic E-state index is 6.16. The van der Waals surface area contributed by atoms with Gasteiger partial charge in [-0.2, -0.15) is 0 Å². The fourth-order valence-electron chi connectivity index (χ4n) is 1.98. The van der Waals surface area contributed by atoms with E-state index in [1.54, 1.807) is 0 Å². The van der Waals surface area contributed by atoms with Gasteiger partial charge in [-0.3, -0.25) is 0 Å². The van der Waals surface area contributed by atoms with Crippen molar-refractivity contribution in [1.82, 2.24) is 9.55 Å². The number of aromatic nitrogens is 2. The fourth-order valence-corrected chi connectivity index (χ4v) is 1.98. The van der Waals surface area contributed by atoms with Crippen LogP contribution in [0.25, 0.3) is 5.69 Å². The Morgan fingerprint density at radius 1 is 1.29 bits per heavy atom. The lowest BCUT2D eigenvalue weighted by Gasteiger charge is -2.16. The lowest BCUT2D eigenvalue weighted by atomic mass is 10.0. The van der Waals surface area contributed by atoms with E-state index in [2.05, 4.69) is 35.5 Å². The lowest BCUT2D eigenvalue weighted by molar-refractivity contribution is 0.691. The molecule has 1 heterocycles. The second kappa shape index (κ2) is 4.72. The number of hydrogen-bond acceptors (Lipinski definition) is 2. The van der Waals surface area contributed by atoms with Gasteiger partial charge >= 0.3 is 0 Å². The topological polar surface area (TPSA) is 43.8 Å². The number of hydrogen-bond donors (Lipinski definition) is 1. The monoisotopic (exact) mass is 229 g/mol. The van der Waals surface area contributed by atoms with E-state index in [1.165, 1.54) is 11.3 Å². The Kier molecular flexibility index (Phi) is 3.29. The van der Waals surface area contributed by atoms with E-state index < -0.39 is 0 Å². The zero-order chi connectivity index (χ0) is 12.4. The SMILES string of the molecule is CCC(N)c1ccccc1-n1cnc(C)c1C. The Labute approximate surface area is 102 Å². The standard InChI is InChI=1S/C14H19N3/c1-4-13(15)12-7-5-6-8-14(12)17-9-16-10(2)11(17)3/h5-9,13H,4,15H2,1-3H3. The van der Waals surface area contributed by atoms with Gasteiger partial charge in [-0.1, -0.05) is 25.1 Å². The third-order valence-corrected chi connectivity index (χ3v) is 3.29. The summed E-state index contributed by atoms with van der Waals surface area (Å²) in [7, 11) is 0. The van der Waals surface area contributed by atoms with Crippen LogP contribution < -0.4 is 5.73 Å². The average molecular weight is 229 g/mol. The first kappa shape index (κ1) is 11.9. The van der Waals surface area contributed by atoms with Gasteiger partial charge in [0.2, 0.25) is 0 Å². The van der Waals surface area contributed by atoms with Gasteiger partial charge in [-0.05, 0) is 31.9 Å². The first-order valence-electron chi connectivity index (χ1n) is 6.00. The van der Waals surface area contributed by atoms with Crippen LogP contribution in [0.1, 0.15) is 36.3 Å². The minimum Gasteiger partial charge on any atom is -0.324 e. The average Bonchev–Trinajstić information content (AvgIpc) is 2.69. The third kappa shape index (κ3) is 2.11. The zero-order valence-electron chi connectivity index (χ0n) is 10.6. The Morgan fingerprint density at radius 3 is 2.59 bits per heavy atom. The van der Waals surface area contributed by atoms with E-state index in [1.807, 2.05) is 25.4 Å². The van der Waals surface area contributed by atoms with Gasteiger partial charge in [-0.15, -0.1) is 0 Å². The first-order chi connectivity index (χ1) is 8.15. The lowest BCUT2D eigenvalue weighted by Crippen LogP contribution is -2.12. The normalized spacial score (nSPS) is 12.7. The maximum absolute atomic E-state index is 6.16.